The standard InChI is InChI=1S/C18H20BFO2/c19-15-9-10-16(17(20)12-15)13-5-7-14(8-6-13)18(22)4-2-1-3-11-21/h5-10,12,18,21-22H,1-4,11H2. The zero-order valence-corrected chi connectivity index (χ0v) is 12.5. The first-order chi connectivity index (χ1) is 10.6. The molecule has 0 spiro atoms. The van der Waals surface area contributed by atoms with Gasteiger partial charge in [-0.05, 0) is 30.0 Å². The molecule has 2 aromatic carbocycles. The third-order valence-corrected chi connectivity index (χ3v) is 3.74. The molecule has 4 heteroatoms. The summed E-state index contributed by atoms with van der Waals surface area (Å²) in [5.74, 6) is -0.350. The van der Waals surface area contributed by atoms with Crippen LogP contribution < -0.4 is 5.46 Å². The van der Waals surface area contributed by atoms with Gasteiger partial charge in [-0.1, -0.05) is 54.7 Å². The Kier molecular flexibility index (Phi) is 6.16. The van der Waals surface area contributed by atoms with E-state index in [0.717, 1.165) is 30.4 Å². The lowest BCUT2D eigenvalue weighted by molar-refractivity contribution is 0.162. The minimum Gasteiger partial charge on any atom is -0.396 e. The first kappa shape index (κ1) is 16.7. The Balaban J connectivity index is 2.03. The summed E-state index contributed by atoms with van der Waals surface area (Å²) >= 11 is 0. The third kappa shape index (κ3) is 4.42. The van der Waals surface area contributed by atoms with Gasteiger partial charge in [0.2, 0.25) is 0 Å². The molecule has 0 aliphatic carbocycles. The van der Waals surface area contributed by atoms with Crippen LogP contribution >= 0.6 is 0 Å². The molecule has 2 nitrogen and oxygen atoms in total. The van der Waals surface area contributed by atoms with Crippen molar-refractivity contribution in [1.82, 2.24) is 0 Å². The summed E-state index contributed by atoms with van der Waals surface area (Å²) in [5.41, 5.74) is 2.48. The minimum atomic E-state index is -0.524. The second-order valence-corrected chi connectivity index (χ2v) is 5.45. The highest BCUT2D eigenvalue weighted by Gasteiger charge is 2.09. The van der Waals surface area contributed by atoms with Crippen molar-refractivity contribution in [2.24, 2.45) is 0 Å². The Labute approximate surface area is 132 Å². The molecule has 2 aromatic rings. The lowest BCUT2D eigenvalue weighted by atomic mass is 9.92. The van der Waals surface area contributed by atoms with Gasteiger partial charge >= 0.3 is 0 Å². The number of hydrogen-bond donors (Lipinski definition) is 2. The van der Waals surface area contributed by atoms with Gasteiger partial charge in [-0.15, -0.1) is 0 Å². The van der Waals surface area contributed by atoms with E-state index in [1.807, 2.05) is 12.1 Å². The Morgan fingerprint density at radius 2 is 1.73 bits per heavy atom. The van der Waals surface area contributed by atoms with Crippen LogP contribution in [0.25, 0.3) is 11.1 Å². The van der Waals surface area contributed by atoms with E-state index in [-0.39, 0.29) is 12.4 Å². The van der Waals surface area contributed by atoms with Crippen LogP contribution in [0.5, 0.6) is 0 Å². The molecule has 0 aliphatic heterocycles. The van der Waals surface area contributed by atoms with Crippen molar-refractivity contribution < 1.29 is 14.6 Å². The Bertz CT molecular complexity index is 599. The van der Waals surface area contributed by atoms with Crippen LogP contribution in [0.2, 0.25) is 0 Å². The fraction of sp³-hybridized carbons (Fsp3) is 0.333. The molecule has 0 aromatic heterocycles. The van der Waals surface area contributed by atoms with Gasteiger partial charge in [0.05, 0.1) is 6.10 Å². The fourth-order valence-electron chi connectivity index (χ4n) is 2.44. The molecule has 1 unspecified atom stereocenters. The van der Waals surface area contributed by atoms with Gasteiger partial charge < -0.3 is 10.2 Å². The maximum absolute atomic E-state index is 13.9. The average molecular weight is 298 g/mol. The van der Waals surface area contributed by atoms with Gasteiger partial charge in [0.1, 0.15) is 13.7 Å². The molecule has 2 radical (unpaired) electrons. The topological polar surface area (TPSA) is 40.5 Å². The highest BCUT2D eigenvalue weighted by Crippen LogP contribution is 2.25. The van der Waals surface area contributed by atoms with Crippen molar-refractivity contribution in [3.63, 3.8) is 0 Å². The van der Waals surface area contributed by atoms with Crippen molar-refractivity contribution >= 4 is 13.3 Å². The number of hydrogen-bond acceptors (Lipinski definition) is 2. The molecule has 0 saturated heterocycles. The Morgan fingerprint density at radius 1 is 1.00 bits per heavy atom. The summed E-state index contributed by atoms with van der Waals surface area (Å²) in [6.07, 6.45) is 2.68. The maximum Gasteiger partial charge on any atom is 0.130 e. The number of rotatable bonds is 7. The van der Waals surface area contributed by atoms with E-state index < -0.39 is 6.10 Å². The fourth-order valence-corrected chi connectivity index (χ4v) is 2.44. The molecule has 0 amide bonds. The largest absolute Gasteiger partial charge is 0.396 e. The molecular weight excluding hydrogens is 278 g/mol. The number of halogens is 1. The molecule has 0 bridgehead atoms. The first-order valence-electron chi connectivity index (χ1n) is 7.56. The summed E-state index contributed by atoms with van der Waals surface area (Å²) in [6.45, 7) is 0.192. The molecule has 22 heavy (non-hydrogen) atoms. The molecule has 0 aliphatic rings. The normalized spacial score (nSPS) is 12.3. The van der Waals surface area contributed by atoms with Gasteiger partial charge in [-0.2, -0.15) is 0 Å². The van der Waals surface area contributed by atoms with E-state index >= 15 is 0 Å². The van der Waals surface area contributed by atoms with Gasteiger partial charge in [0.15, 0.2) is 0 Å². The Morgan fingerprint density at radius 3 is 2.36 bits per heavy atom. The smallest absolute Gasteiger partial charge is 0.130 e. The van der Waals surface area contributed by atoms with Crippen LogP contribution in [0.4, 0.5) is 4.39 Å². The summed E-state index contributed by atoms with van der Waals surface area (Å²) in [4.78, 5) is 0. The number of aliphatic hydroxyl groups excluding tert-OH is 2. The maximum atomic E-state index is 13.9. The summed E-state index contributed by atoms with van der Waals surface area (Å²) < 4.78 is 13.9. The minimum absolute atomic E-state index is 0.192. The number of unbranched alkanes of at least 4 members (excludes halogenated alkanes) is 2. The van der Waals surface area contributed by atoms with Crippen molar-refractivity contribution in [1.29, 1.82) is 0 Å². The highest BCUT2D eigenvalue weighted by atomic mass is 19.1. The summed E-state index contributed by atoms with van der Waals surface area (Å²) in [5, 5.41) is 18.8. The lowest BCUT2D eigenvalue weighted by Crippen LogP contribution is -2.03. The SMILES string of the molecule is [B]c1ccc(-c2ccc(C(O)CCCCCO)cc2)c(F)c1. The van der Waals surface area contributed by atoms with Crippen molar-refractivity contribution in [2.45, 2.75) is 31.8 Å². The van der Waals surface area contributed by atoms with E-state index in [0.29, 0.717) is 17.4 Å². The van der Waals surface area contributed by atoms with Gasteiger partial charge in [0, 0.05) is 12.2 Å². The van der Waals surface area contributed by atoms with Crippen molar-refractivity contribution in [3.05, 3.63) is 53.8 Å². The molecule has 114 valence electrons. The number of aliphatic hydroxyl groups is 2. The molecular formula is C18H20BFO2. The molecule has 2 N–H and O–H groups in total. The van der Waals surface area contributed by atoms with E-state index in [9.17, 15) is 9.50 Å². The first-order valence-corrected chi connectivity index (χ1v) is 7.56. The lowest BCUT2D eigenvalue weighted by Gasteiger charge is -2.12. The van der Waals surface area contributed by atoms with Gasteiger partial charge in [0.25, 0.3) is 0 Å². The zero-order valence-electron chi connectivity index (χ0n) is 12.5. The summed E-state index contributed by atoms with van der Waals surface area (Å²) in [7, 11) is 5.55. The molecule has 0 heterocycles. The van der Waals surface area contributed by atoms with Crippen molar-refractivity contribution in [3.8, 4) is 11.1 Å². The summed E-state index contributed by atoms with van der Waals surface area (Å²) in [6, 6.07) is 11.9. The van der Waals surface area contributed by atoms with Gasteiger partial charge in [-0.25, -0.2) is 4.39 Å². The van der Waals surface area contributed by atoms with Crippen LogP contribution in [0, 0.1) is 5.82 Å². The van der Waals surface area contributed by atoms with Crippen molar-refractivity contribution in [2.75, 3.05) is 6.61 Å². The van der Waals surface area contributed by atoms with Gasteiger partial charge in [-0.3, -0.25) is 0 Å². The average Bonchev–Trinajstić information content (AvgIpc) is 2.52. The highest BCUT2D eigenvalue weighted by molar-refractivity contribution is 6.32. The van der Waals surface area contributed by atoms with E-state index in [2.05, 4.69) is 0 Å². The zero-order chi connectivity index (χ0) is 15.9. The molecule has 2 rings (SSSR count). The molecule has 0 saturated carbocycles. The number of benzene rings is 2. The predicted octanol–water partition coefficient (Wildman–Crippen LogP) is 2.87. The van der Waals surface area contributed by atoms with E-state index in [4.69, 9.17) is 13.0 Å². The monoisotopic (exact) mass is 298 g/mol. The van der Waals surface area contributed by atoms with Crippen LogP contribution in [0.1, 0.15) is 37.4 Å². The second-order valence-electron chi connectivity index (χ2n) is 5.45. The molecule has 0 fully saturated rings. The quantitative estimate of drug-likeness (QED) is 0.609. The third-order valence-electron chi connectivity index (χ3n) is 3.74. The van der Waals surface area contributed by atoms with Crippen LogP contribution in [-0.4, -0.2) is 24.7 Å². The molecule has 1 atom stereocenters. The van der Waals surface area contributed by atoms with E-state index in [1.54, 1.807) is 24.3 Å². The van der Waals surface area contributed by atoms with E-state index in [1.165, 1.54) is 6.07 Å². The van der Waals surface area contributed by atoms with Crippen LogP contribution in [0.15, 0.2) is 42.5 Å². The van der Waals surface area contributed by atoms with Crippen LogP contribution in [-0.2, 0) is 0 Å². The second kappa shape index (κ2) is 8.11. The Hall–Kier alpha value is -1.65. The predicted molar refractivity (Wildman–Crippen MR) is 87.7 cm³/mol. The van der Waals surface area contributed by atoms with Crippen LogP contribution in [0.3, 0.4) is 0 Å².